The highest BCUT2D eigenvalue weighted by Crippen LogP contribution is 2.13. The van der Waals surface area contributed by atoms with Crippen LogP contribution in [0.1, 0.15) is 57.6 Å². The molecule has 0 aliphatic heterocycles. The molecule has 0 radical (unpaired) electrons. The van der Waals surface area contributed by atoms with Crippen molar-refractivity contribution in [3.05, 3.63) is 65.7 Å². The first-order chi connectivity index (χ1) is 15.7. The summed E-state index contributed by atoms with van der Waals surface area (Å²) >= 11 is 0. The summed E-state index contributed by atoms with van der Waals surface area (Å²) in [5, 5.41) is 2.66. The Morgan fingerprint density at radius 3 is 2.15 bits per heavy atom. The summed E-state index contributed by atoms with van der Waals surface area (Å²) in [6.07, 6.45) is 3.35. The number of amides is 1. The molecule has 1 amide bonds. The molecule has 0 bridgehead atoms. The Bertz CT molecular complexity index is 843. The largest absolute Gasteiger partial charge is 0.494 e. The van der Waals surface area contributed by atoms with Crippen LogP contribution in [-0.4, -0.2) is 36.9 Å². The van der Waals surface area contributed by atoms with Gasteiger partial charge in [0.1, 0.15) is 17.4 Å². The molecule has 0 aliphatic rings. The number of alkyl carbamates (subject to hydrolysis) is 1. The van der Waals surface area contributed by atoms with Crippen molar-refractivity contribution in [2.75, 3.05) is 13.2 Å². The van der Waals surface area contributed by atoms with Crippen LogP contribution in [0.15, 0.2) is 54.6 Å². The fraction of sp³-hybridized carbons (Fsp3) is 0.481. The molecule has 6 nitrogen and oxygen atoms in total. The molecule has 180 valence electrons. The second-order valence-corrected chi connectivity index (χ2v) is 9.13. The zero-order chi connectivity index (χ0) is 24.1. The van der Waals surface area contributed by atoms with Crippen molar-refractivity contribution in [3.8, 4) is 5.75 Å². The normalized spacial score (nSPS) is 12.0. The average Bonchev–Trinajstić information content (AvgIpc) is 2.75. The number of hydrogen-bond donors (Lipinski definition) is 1. The molecule has 1 atom stereocenters. The Morgan fingerprint density at radius 1 is 0.879 bits per heavy atom. The van der Waals surface area contributed by atoms with Crippen LogP contribution in [0.3, 0.4) is 0 Å². The maximum absolute atomic E-state index is 12.7. The Morgan fingerprint density at radius 2 is 1.52 bits per heavy atom. The van der Waals surface area contributed by atoms with Gasteiger partial charge < -0.3 is 19.5 Å². The Kier molecular flexibility index (Phi) is 10.7. The van der Waals surface area contributed by atoms with Crippen LogP contribution >= 0.6 is 0 Å². The molecule has 0 saturated heterocycles. The van der Waals surface area contributed by atoms with Gasteiger partial charge in [-0.3, -0.25) is 0 Å². The lowest BCUT2D eigenvalue weighted by atomic mass is 10.1. The zero-order valence-electron chi connectivity index (χ0n) is 20.3. The lowest BCUT2D eigenvalue weighted by Crippen LogP contribution is -2.45. The summed E-state index contributed by atoms with van der Waals surface area (Å²) < 4.78 is 16.5. The van der Waals surface area contributed by atoms with E-state index in [1.165, 1.54) is 5.56 Å². The summed E-state index contributed by atoms with van der Waals surface area (Å²) in [5.41, 5.74) is 1.50. The summed E-state index contributed by atoms with van der Waals surface area (Å²) in [7, 11) is 0. The van der Waals surface area contributed by atoms with Crippen LogP contribution in [0.5, 0.6) is 5.75 Å². The number of hydrogen-bond acceptors (Lipinski definition) is 5. The molecular weight excluding hydrogens is 418 g/mol. The number of ether oxygens (including phenoxy) is 3. The van der Waals surface area contributed by atoms with Crippen molar-refractivity contribution in [1.29, 1.82) is 0 Å². The maximum atomic E-state index is 12.7. The number of rotatable bonds is 12. The third-order valence-corrected chi connectivity index (χ3v) is 4.83. The number of carbonyl (C=O) groups is 2. The van der Waals surface area contributed by atoms with E-state index in [4.69, 9.17) is 14.2 Å². The number of unbranched alkanes of at least 4 members (excludes halogenated alkanes) is 3. The van der Waals surface area contributed by atoms with Crippen LogP contribution in [0.25, 0.3) is 0 Å². The van der Waals surface area contributed by atoms with Crippen molar-refractivity contribution in [3.63, 3.8) is 0 Å². The molecule has 0 spiro atoms. The highest BCUT2D eigenvalue weighted by molar-refractivity contribution is 5.81. The lowest BCUT2D eigenvalue weighted by Gasteiger charge is -2.23. The molecule has 0 saturated carbocycles. The first-order valence-electron chi connectivity index (χ1n) is 11.6. The van der Waals surface area contributed by atoms with Crippen LogP contribution in [0, 0.1) is 6.92 Å². The molecule has 2 aromatic carbocycles. The summed E-state index contributed by atoms with van der Waals surface area (Å²) in [6.45, 7) is 8.38. The predicted octanol–water partition coefficient (Wildman–Crippen LogP) is 5.61. The number of aryl methyl sites for hydroxylation is 1. The van der Waals surface area contributed by atoms with Crippen molar-refractivity contribution >= 4 is 12.1 Å². The van der Waals surface area contributed by atoms with Crippen molar-refractivity contribution < 1.29 is 23.8 Å². The first kappa shape index (κ1) is 26.2. The van der Waals surface area contributed by atoms with E-state index in [-0.39, 0.29) is 0 Å². The van der Waals surface area contributed by atoms with Gasteiger partial charge in [-0.05, 0) is 71.1 Å². The van der Waals surface area contributed by atoms with Crippen LogP contribution in [0.4, 0.5) is 4.79 Å². The molecule has 1 unspecified atom stereocenters. The quantitative estimate of drug-likeness (QED) is 0.332. The zero-order valence-corrected chi connectivity index (χ0v) is 20.3. The molecule has 0 heterocycles. The summed E-state index contributed by atoms with van der Waals surface area (Å²) in [6, 6.07) is 16.7. The van der Waals surface area contributed by atoms with E-state index >= 15 is 0 Å². The van der Waals surface area contributed by atoms with Gasteiger partial charge in [-0.1, -0.05) is 48.0 Å². The summed E-state index contributed by atoms with van der Waals surface area (Å²) in [5.74, 6) is 0.434. The molecule has 2 aromatic rings. The second-order valence-electron chi connectivity index (χ2n) is 9.13. The van der Waals surface area contributed by atoms with Gasteiger partial charge in [0.25, 0.3) is 0 Å². The van der Waals surface area contributed by atoms with Gasteiger partial charge in [-0.15, -0.1) is 0 Å². The van der Waals surface area contributed by atoms with Gasteiger partial charge in [0, 0.05) is 6.42 Å². The van der Waals surface area contributed by atoms with E-state index in [0.717, 1.165) is 37.0 Å². The van der Waals surface area contributed by atoms with Gasteiger partial charge in [0.15, 0.2) is 0 Å². The average molecular weight is 456 g/mol. The van der Waals surface area contributed by atoms with E-state index < -0.39 is 23.7 Å². The topological polar surface area (TPSA) is 73.9 Å². The minimum atomic E-state index is -0.801. The number of carbonyl (C=O) groups excluding carboxylic acids is 2. The van der Waals surface area contributed by atoms with Crippen molar-refractivity contribution in [2.24, 2.45) is 0 Å². The summed E-state index contributed by atoms with van der Waals surface area (Å²) in [4.78, 5) is 24.9. The van der Waals surface area contributed by atoms with Gasteiger partial charge >= 0.3 is 12.1 Å². The maximum Gasteiger partial charge on any atom is 0.408 e. The minimum absolute atomic E-state index is 0.318. The number of nitrogens with one attached hydrogen (secondary N) is 1. The van der Waals surface area contributed by atoms with Crippen LogP contribution < -0.4 is 10.1 Å². The van der Waals surface area contributed by atoms with Gasteiger partial charge in [0.2, 0.25) is 0 Å². The van der Waals surface area contributed by atoms with E-state index in [1.54, 1.807) is 20.8 Å². The molecule has 0 fully saturated rings. The van der Waals surface area contributed by atoms with E-state index in [2.05, 4.69) is 5.32 Å². The molecule has 1 N–H and O–H groups in total. The smallest absolute Gasteiger partial charge is 0.408 e. The number of esters is 1. The number of benzene rings is 2. The molecule has 2 rings (SSSR count). The van der Waals surface area contributed by atoms with Crippen LogP contribution in [-0.2, 0) is 20.7 Å². The first-order valence-corrected chi connectivity index (χ1v) is 11.6. The van der Waals surface area contributed by atoms with E-state index in [1.807, 2.05) is 61.5 Å². The van der Waals surface area contributed by atoms with E-state index in [0.29, 0.717) is 19.6 Å². The van der Waals surface area contributed by atoms with E-state index in [9.17, 15) is 9.59 Å². The monoisotopic (exact) mass is 455 g/mol. The predicted molar refractivity (Wildman–Crippen MR) is 129 cm³/mol. The van der Waals surface area contributed by atoms with Crippen molar-refractivity contribution in [1.82, 2.24) is 5.32 Å². The highest BCUT2D eigenvalue weighted by Gasteiger charge is 2.25. The van der Waals surface area contributed by atoms with Gasteiger partial charge in [-0.2, -0.15) is 0 Å². The molecular formula is C27H37NO5. The minimum Gasteiger partial charge on any atom is -0.494 e. The molecule has 6 heteroatoms. The standard InChI is InChI=1S/C27H37NO5/c1-21-14-16-23(17-15-21)31-18-10-5-6-11-19-32-25(29)24(20-22-12-8-7-9-13-22)28-26(30)33-27(2,3)4/h7-9,12-17,24H,5-6,10-11,18-20H2,1-4H3,(H,28,30). The fourth-order valence-corrected chi connectivity index (χ4v) is 3.15. The second kappa shape index (κ2) is 13.5. The SMILES string of the molecule is Cc1ccc(OCCCCCCOC(=O)C(Cc2ccccc2)NC(=O)OC(C)(C)C)cc1. The Balaban J connectivity index is 1.70. The van der Waals surface area contributed by atoms with Gasteiger partial charge in [-0.25, -0.2) is 9.59 Å². The molecule has 33 heavy (non-hydrogen) atoms. The lowest BCUT2D eigenvalue weighted by molar-refractivity contribution is -0.146. The third-order valence-electron chi connectivity index (χ3n) is 4.83. The fourth-order valence-electron chi connectivity index (χ4n) is 3.15. The Labute approximate surface area is 197 Å². The Hall–Kier alpha value is -3.02. The third kappa shape index (κ3) is 11.4. The molecule has 0 aliphatic carbocycles. The van der Waals surface area contributed by atoms with Crippen LogP contribution in [0.2, 0.25) is 0 Å². The highest BCUT2D eigenvalue weighted by atomic mass is 16.6. The molecule has 0 aromatic heterocycles. The van der Waals surface area contributed by atoms with Gasteiger partial charge in [0.05, 0.1) is 13.2 Å². The van der Waals surface area contributed by atoms with Crippen molar-refractivity contribution in [2.45, 2.75) is 71.4 Å².